The van der Waals surface area contributed by atoms with Gasteiger partial charge in [-0.05, 0) is 31.2 Å². The second-order valence-electron chi connectivity index (χ2n) is 5.01. The molecular formula is C12H18N4O3S. The van der Waals surface area contributed by atoms with Gasteiger partial charge < -0.3 is 10.9 Å². The molecule has 1 saturated heterocycles. The van der Waals surface area contributed by atoms with Gasteiger partial charge in [0, 0.05) is 18.8 Å². The lowest BCUT2D eigenvalue weighted by atomic mass is 10.1. The summed E-state index contributed by atoms with van der Waals surface area (Å²) in [5.41, 5.74) is 6.83. The maximum Gasteiger partial charge on any atom is 0.188 e. The van der Waals surface area contributed by atoms with Gasteiger partial charge in [-0.1, -0.05) is 5.16 Å². The first-order valence-electron chi connectivity index (χ1n) is 6.25. The zero-order chi connectivity index (χ0) is 14.8. The van der Waals surface area contributed by atoms with Crippen LogP contribution in [0.5, 0.6) is 0 Å². The Hall–Kier alpha value is -1.67. The first-order valence-corrected chi connectivity index (χ1v) is 8.07. The molecule has 110 valence electrons. The number of hydrogen-bond acceptors (Lipinski definition) is 6. The molecule has 1 aliphatic rings. The summed E-state index contributed by atoms with van der Waals surface area (Å²) in [7, 11) is -0.987. The van der Waals surface area contributed by atoms with E-state index in [2.05, 4.69) is 10.1 Å². The summed E-state index contributed by atoms with van der Waals surface area (Å²) >= 11 is 0. The fourth-order valence-electron chi connectivity index (χ4n) is 2.30. The fraction of sp³-hybridized carbons (Fsp3) is 0.500. The van der Waals surface area contributed by atoms with Crippen LogP contribution in [0.2, 0.25) is 0 Å². The van der Waals surface area contributed by atoms with E-state index >= 15 is 0 Å². The minimum absolute atomic E-state index is 0.0421. The second kappa shape index (κ2) is 5.76. The lowest BCUT2D eigenvalue weighted by molar-refractivity contribution is 0.254. The molecule has 1 unspecified atom stereocenters. The minimum Gasteiger partial charge on any atom is -0.409 e. The SMILES string of the molecule is CN(Cc1ccnc(C(N)=NO)c1)C1CCS(=O)(=O)C1. The van der Waals surface area contributed by atoms with Crippen LogP contribution < -0.4 is 5.73 Å². The van der Waals surface area contributed by atoms with Gasteiger partial charge in [0.1, 0.15) is 5.69 Å². The van der Waals surface area contributed by atoms with Crippen molar-refractivity contribution in [2.75, 3.05) is 18.6 Å². The van der Waals surface area contributed by atoms with Gasteiger partial charge in [-0.3, -0.25) is 9.88 Å². The van der Waals surface area contributed by atoms with Gasteiger partial charge in [0.2, 0.25) is 0 Å². The molecule has 0 amide bonds. The molecule has 1 fully saturated rings. The molecule has 0 aliphatic carbocycles. The van der Waals surface area contributed by atoms with Crippen LogP contribution in [-0.4, -0.2) is 53.9 Å². The molecule has 20 heavy (non-hydrogen) atoms. The highest BCUT2D eigenvalue weighted by Crippen LogP contribution is 2.18. The van der Waals surface area contributed by atoms with Crippen LogP contribution in [0.4, 0.5) is 0 Å². The molecule has 2 heterocycles. The molecule has 7 nitrogen and oxygen atoms in total. The van der Waals surface area contributed by atoms with Crippen LogP contribution in [-0.2, 0) is 16.4 Å². The first-order chi connectivity index (χ1) is 9.41. The standard InChI is InChI=1S/C12H18N4O3S/c1-16(10-3-5-20(18,19)8-10)7-9-2-4-14-11(6-9)12(13)15-17/h2,4,6,10,17H,3,5,7-8H2,1H3,(H2,13,15). The maximum absolute atomic E-state index is 11.5. The summed E-state index contributed by atoms with van der Waals surface area (Å²) in [6, 6.07) is 3.60. The number of nitrogens with two attached hydrogens (primary N) is 1. The van der Waals surface area contributed by atoms with E-state index in [0.717, 1.165) is 5.56 Å². The molecule has 3 N–H and O–H groups in total. The summed E-state index contributed by atoms with van der Waals surface area (Å²) in [4.78, 5) is 6.02. The Balaban J connectivity index is 2.07. The van der Waals surface area contributed by atoms with Gasteiger partial charge in [0.15, 0.2) is 15.7 Å². The normalized spacial score (nSPS) is 22.3. The third kappa shape index (κ3) is 3.45. The van der Waals surface area contributed by atoms with E-state index < -0.39 is 9.84 Å². The minimum atomic E-state index is -2.88. The number of amidine groups is 1. The van der Waals surface area contributed by atoms with E-state index in [1.54, 1.807) is 12.3 Å². The van der Waals surface area contributed by atoms with Gasteiger partial charge in [-0.15, -0.1) is 0 Å². The Morgan fingerprint density at radius 3 is 3.00 bits per heavy atom. The molecule has 0 bridgehead atoms. The van der Waals surface area contributed by atoms with Crippen LogP contribution in [0.25, 0.3) is 0 Å². The summed E-state index contributed by atoms with van der Waals surface area (Å²) in [6.07, 6.45) is 2.25. The van der Waals surface area contributed by atoms with Gasteiger partial charge in [-0.2, -0.15) is 0 Å². The average Bonchev–Trinajstić information content (AvgIpc) is 2.78. The highest BCUT2D eigenvalue weighted by atomic mass is 32.2. The van der Waals surface area contributed by atoms with Crippen molar-refractivity contribution in [2.45, 2.75) is 19.0 Å². The summed E-state index contributed by atoms with van der Waals surface area (Å²) < 4.78 is 23.0. The molecule has 8 heteroatoms. The third-order valence-electron chi connectivity index (χ3n) is 3.46. The van der Waals surface area contributed by atoms with Crippen LogP contribution in [0.3, 0.4) is 0 Å². The number of oxime groups is 1. The summed E-state index contributed by atoms with van der Waals surface area (Å²) in [5.74, 6) is 0.424. The second-order valence-corrected chi connectivity index (χ2v) is 7.24. The average molecular weight is 298 g/mol. The van der Waals surface area contributed by atoms with Crippen LogP contribution in [0.15, 0.2) is 23.5 Å². The molecule has 0 saturated carbocycles. The molecule has 1 aromatic rings. The van der Waals surface area contributed by atoms with Crippen LogP contribution in [0, 0.1) is 0 Å². The van der Waals surface area contributed by atoms with Crippen LogP contribution in [0.1, 0.15) is 17.7 Å². The first kappa shape index (κ1) is 14.7. The van der Waals surface area contributed by atoms with E-state index in [9.17, 15) is 8.42 Å². The van der Waals surface area contributed by atoms with E-state index in [-0.39, 0.29) is 23.4 Å². The Bertz CT molecular complexity index is 615. The highest BCUT2D eigenvalue weighted by molar-refractivity contribution is 7.91. The van der Waals surface area contributed by atoms with E-state index in [0.29, 0.717) is 18.7 Å². The maximum atomic E-state index is 11.5. The molecular weight excluding hydrogens is 280 g/mol. The van der Waals surface area contributed by atoms with E-state index in [4.69, 9.17) is 10.9 Å². The summed E-state index contributed by atoms with van der Waals surface area (Å²) in [5, 5.41) is 11.6. The monoisotopic (exact) mass is 298 g/mol. The van der Waals surface area contributed by atoms with Gasteiger partial charge in [0.05, 0.1) is 11.5 Å². The van der Waals surface area contributed by atoms with Crippen molar-refractivity contribution in [3.63, 3.8) is 0 Å². The Morgan fingerprint density at radius 1 is 1.65 bits per heavy atom. The zero-order valence-corrected chi connectivity index (χ0v) is 12.0. The molecule has 1 aromatic heterocycles. The molecule has 1 aliphatic heterocycles. The fourth-order valence-corrected chi connectivity index (χ4v) is 4.11. The number of aromatic nitrogens is 1. The molecule has 2 rings (SSSR count). The molecule has 0 radical (unpaired) electrons. The van der Waals surface area contributed by atoms with Crippen molar-refractivity contribution in [3.8, 4) is 0 Å². The van der Waals surface area contributed by atoms with Crippen molar-refractivity contribution >= 4 is 15.7 Å². The van der Waals surface area contributed by atoms with E-state index in [1.807, 2.05) is 18.0 Å². The number of rotatable bonds is 4. The zero-order valence-electron chi connectivity index (χ0n) is 11.2. The lowest BCUT2D eigenvalue weighted by Crippen LogP contribution is -2.32. The van der Waals surface area contributed by atoms with Gasteiger partial charge in [0.25, 0.3) is 0 Å². The van der Waals surface area contributed by atoms with Gasteiger partial charge >= 0.3 is 0 Å². The van der Waals surface area contributed by atoms with Crippen molar-refractivity contribution in [1.29, 1.82) is 0 Å². The quantitative estimate of drug-likeness (QED) is 0.345. The summed E-state index contributed by atoms with van der Waals surface area (Å²) in [6.45, 7) is 0.592. The van der Waals surface area contributed by atoms with Crippen LogP contribution >= 0.6 is 0 Å². The molecule has 0 aromatic carbocycles. The Kier molecular flexibility index (Phi) is 4.24. The smallest absolute Gasteiger partial charge is 0.188 e. The van der Waals surface area contributed by atoms with E-state index in [1.165, 1.54) is 0 Å². The number of sulfone groups is 1. The Morgan fingerprint density at radius 2 is 2.40 bits per heavy atom. The van der Waals surface area contributed by atoms with Crippen molar-refractivity contribution in [2.24, 2.45) is 10.9 Å². The van der Waals surface area contributed by atoms with Crippen molar-refractivity contribution in [1.82, 2.24) is 9.88 Å². The number of pyridine rings is 1. The molecule has 1 atom stereocenters. The number of hydrogen-bond donors (Lipinski definition) is 2. The van der Waals surface area contributed by atoms with Crippen molar-refractivity contribution in [3.05, 3.63) is 29.6 Å². The predicted octanol–water partition coefficient (Wildman–Crippen LogP) is -0.205. The number of nitrogens with zero attached hydrogens (tertiary/aromatic N) is 3. The lowest BCUT2D eigenvalue weighted by Gasteiger charge is -2.23. The Labute approximate surface area is 118 Å². The van der Waals surface area contributed by atoms with Crippen molar-refractivity contribution < 1.29 is 13.6 Å². The topological polar surface area (TPSA) is 109 Å². The predicted molar refractivity (Wildman–Crippen MR) is 75.3 cm³/mol. The molecule has 0 spiro atoms. The third-order valence-corrected chi connectivity index (χ3v) is 5.21. The van der Waals surface area contributed by atoms with Gasteiger partial charge in [-0.25, -0.2) is 8.42 Å². The highest BCUT2D eigenvalue weighted by Gasteiger charge is 2.30. The largest absolute Gasteiger partial charge is 0.409 e.